The number of hydrogen-bond acceptors (Lipinski definition) is 2. The van der Waals surface area contributed by atoms with Gasteiger partial charge in [0, 0.05) is 17.3 Å². The summed E-state index contributed by atoms with van der Waals surface area (Å²) in [7, 11) is -1.89. The first kappa shape index (κ1) is 16.9. The molecule has 0 aromatic heterocycles. The summed E-state index contributed by atoms with van der Waals surface area (Å²) >= 11 is 0. The van der Waals surface area contributed by atoms with Crippen molar-refractivity contribution in [1.29, 1.82) is 0 Å². The van der Waals surface area contributed by atoms with Crippen LogP contribution in [0.25, 0.3) is 0 Å². The number of ketones is 1. The second kappa shape index (κ2) is 5.03. The van der Waals surface area contributed by atoms with Crippen molar-refractivity contribution in [1.82, 2.24) is 0 Å². The van der Waals surface area contributed by atoms with Gasteiger partial charge in [-0.3, -0.25) is 4.79 Å². The van der Waals surface area contributed by atoms with E-state index in [4.69, 9.17) is 4.43 Å². The van der Waals surface area contributed by atoms with Crippen LogP contribution in [0.15, 0.2) is 30.3 Å². The molecule has 0 radical (unpaired) electrons. The second-order valence-electron chi connectivity index (χ2n) is 9.42. The molecule has 3 heteroatoms. The van der Waals surface area contributed by atoms with E-state index in [2.05, 4.69) is 72.0 Å². The summed E-state index contributed by atoms with van der Waals surface area (Å²) in [6.45, 7) is 15.6. The molecule has 0 aliphatic heterocycles. The summed E-state index contributed by atoms with van der Waals surface area (Å²) in [5.74, 6) is 1.31. The molecule has 2 saturated carbocycles. The van der Waals surface area contributed by atoms with Crippen molar-refractivity contribution >= 4 is 14.1 Å². The largest absolute Gasteiger partial charge is 0.413 e. The molecule has 4 atom stereocenters. The molecule has 1 aromatic rings. The Labute approximate surface area is 141 Å². The number of carbonyl (C=O) groups is 1. The molecule has 23 heavy (non-hydrogen) atoms. The standard InChI is InChI=1S/C20H30O2Si/c1-19(2,3)23(6,7)22-18-16-14(13-11-9-8-10-12-13)15(16)17(21)20(18,4)5/h8-12,14-16,18H,1-7H3/t14-,15+,16-,18-/m1/s1. The third-order valence-electron chi connectivity index (χ3n) is 6.49. The molecular weight excluding hydrogens is 300 g/mol. The monoisotopic (exact) mass is 330 g/mol. The number of carbonyl (C=O) groups excluding carboxylic acids is 1. The predicted molar refractivity (Wildman–Crippen MR) is 97.0 cm³/mol. The molecule has 2 aliphatic rings. The van der Waals surface area contributed by atoms with E-state index in [9.17, 15) is 4.79 Å². The van der Waals surface area contributed by atoms with Gasteiger partial charge < -0.3 is 4.43 Å². The molecule has 0 amide bonds. The van der Waals surface area contributed by atoms with E-state index < -0.39 is 8.32 Å². The Kier molecular flexibility index (Phi) is 3.70. The smallest absolute Gasteiger partial charge is 0.192 e. The van der Waals surface area contributed by atoms with Crippen molar-refractivity contribution in [3.8, 4) is 0 Å². The molecule has 3 rings (SSSR count). The summed E-state index contributed by atoms with van der Waals surface area (Å²) in [4.78, 5) is 12.9. The molecule has 0 bridgehead atoms. The molecule has 0 saturated heterocycles. The van der Waals surface area contributed by atoms with Gasteiger partial charge in [-0.05, 0) is 29.6 Å². The highest BCUT2D eigenvalue weighted by molar-refractivity contribution is 6.74. The zero-order chi connectivity index (χ0) is 17.2. The lowest BCUT2D eigenvalue weighted by atomic mass is 9.81. The van der Waals surface area contributed by atoms with E-state index in [1.807, 2.05) is 6.07 Å². The minimum absolute atomic E-state index is 0.0612. The molecule has 0 unspecified atom stereocenters. The molecule has 0 spiro atoms. The Morgan fingerprint density at radius 3 is 2.13 bits per heavy atom. The Balaban J connectivity index is 1.89. The predicted octanol–water partition coefficient (Wildman–Crippen LogP) is 5.02. The zero-order valence-electron chi connectivity index (χ0n) is 15.5. The van der Waals surface area contributed by atoms with Crippen molar-refractivity contribution in [2.45, 2.75) is 64.8 Å². The summed E-state index contributed by atoms with van der Waals surface area (Å²) in [6.07, 6.45) is 0.0612. The summed E-state index contributed by atoms with van der Waals surface area (Å²) in [5.41, 5.74) is 0.950. The van der Waals surface area contributed by atoms with Crippen LogP contribution in [0, 0.1) is 17.3 Å². The van der Waals surface area contributed by atoms with E-state index in [1.54, 1.807) is 0 Å². The van der Waals surface area contributed by atoms with Gasteiger partial charge in [-0.25, -0.2) is 0 Å². The van der Waals surface area contributed by atoms with E-state index in [1.165, 1.54) is 5.56 Å². The van der Waals surface area contributed by atoms with Gasteiger partial charge in [0.15, 0.2) is 8.32 Å². The zero-order valence-corrected chi connectivity index (χ0v) is 16.5. The van der Waals surface area contributed by atoms with Crippen molar-refractivity contribution < 1.29 is 9.22 Å². The van der Waals surface area contributed by atoms with Gasteiger partial charge in [-0.1, -0.05) is 65.0 Å². The molecule has 0 N–H and O–H groups in total. The minimum Gasteiger partial charge on any atom is -0.413 e. The number of benzene rings is 1. The van der Waals surface area contributed by atoms with E-state index in [0.717, 1.165) is 0 Å². The van der Waals surface area contributed by atoms with Crippen LogP contribution in [0.5, 0.6) is 0 Å². The average molecular weight is 331 g/mol. The van der Waals surface area contributed by atoms with E-state index in [-0.39, 0.29) is 22.5 Å². The Hall–Kier alpha value is -0.933. The summed E-state index contributed by atoms with van der Waals surface area (Å²) in [6, 6.07) is 10.5. The van der Waals surface area contributed by atoms with Gasteiger partial charge in [-0.15, -0.1) is 0 Å². The van der Waals surface area contributed by atoms with Gasteiger partial charge in [0.2, 0.25) is 0 Å². The first-order valence-electron chi connectivity index (χ1n) is 8.75. The average Bonchev–Trinajstić information content (AvgIpc) is 3.13. The lowest BCUT2D eigenvalue weighted by Gasteiger charge is -2.42. The maximum absolute atomic E-state index is 12.9. The van der Waals surface area contributed by atoms with Crippen molar-refractivity contribution in [2.75, 3.05) is 0 Å². The maximum Gasteiger partial charge on any atom is 0.192 e. The minimum atomic E-state index is -1.89. The fourth-order valence-electron chi connectivity index (χ4n) is 3.92. The third kappa shape index (κ3) is 2.53. The number of fused-ring (bicyclic) bond motifs is 1. The van der Waals surface area contributed by atoms with Gasteiger partial charge in [0.25, 0.3) is 0 Å². The highest BCUT2D eigenvalue weighted by atomic mass is 28.4. The molecule has 2 fully saturated rings. The van der Waals surface area contributed by atoms with Crippen molar-refractivity contribution in [3.05, 3.63) is 35.9 Å². The van der Waals surface area contributed by atoms with Crippen molar-refractivity contribution in [2.24, 2.45) is 17.3 Å². The van der Waals surface area contributed by atoms with Gasteiger partial charge in [0.1, 0.15) is 5.78 Å². The van der Waals surface area contributed by atoms with Crippen LogP contribution in [0.2, 0.25) is 18.1 Å². The third-order valence-corrected chi connectivity index (χ3v) is 10.9. The Bertz CT molecular complexity index is 612. The van der Waals surface area contributed by atoms with Gasteiger partial charge in [0.05, 0.1) is 6.10 Å². The molecule has 2 nitrogen and oxygen atoms in total. The Morgan fingerprint density at radius 1 is 1.04 bits per heavy atom. The second-order valence-corrected chi connectivity index (χ2v) is 14.2. The van der Waals surface area contributed by atoms with Gasteiger partial charge in [-0.2, -0.15) is 0 Å². The molecular formula is C20H30O2Si. The first-order valence-corrected chi connectivity index (χ1v) is 11.7. The van der Waals surface area contributed by atoms with Gasteiger partial charge >= 0.3 is 0 Å². The first-order chi connectivity index (χ1) is 10.5. The van der Waals surface area contributed by atoms with Crippen LogP contribution in [0.3, 0.4) is 0 Å². The van der Waals surface area contributed by atoms with Crippen LogP contribution >= 0.6 is 0 Å². The van der Waals surface area contributed by atoms with E-state index in [0.29, 0.717) is 17.6 Å². The number of Topliss-reactive ketones (excluding diaryl/α,β-unsaturated/α-hetero) is 1. The lowest BCUT2D eigenvalue weighted by Crippen LogP contribution is -2.49. The number of hydrogen-bond donors (Lipinski definition) is 0. The van der Waals surface area contributed by atoms with Crippen LogP contribution < -0.4 is 0 Å². The molecule has 126 valence electrons. The van der Waals surface area contributed by atoms with Crippen LogP contribution in [0.1, 0.15) is 46.1 Å². The van der Waals surface area contributed by atoms with E-state index >= 15 is 0 Å². The van der Waals surface area contributed by atoms with Crippen molar-refractivity contribution in [3.63, 3.8) is 0 Å². The summed E-state index contributed by atoms with van der Waals surface area (Å²) in [5, 5.41) is 0.168. The molecule has 2 aliphatic carbocycles. The maximum atomic E-state index is 12.9. The SMILES string of the molecule is CC1(C)C(=O)[C@H]2[C@@H](c3ccccc3)[C@H]2[C@H]1O[Si](C)(C)C(C)(C)C. The topological polar surface area (TPSA) is 26.3 Å². The fourth-order valence-corrected chi connectivity index (χ4v) is 5.36. The summed E-state index contributed by atoms with van der Waals surface area (Å²) < 4.78 is 6.77. The quantitative estimate of drug-likeness (QED) is 0.728. The normalized spacial score (nSPS) is 32.7. The highest BCUT2D eigenvalue weighted by Gasteiger charge is 2.71. The van der Waals surface area contributed by atoms with Crippen LogP contribution in [-0.2, 0) is 9.22 Å². The van der Waals surface area contributed by atoms with Crippen LogP contribution in [0.4, 0.5) is 0 Å². The molecule has 1 aromatic carbocycles. The highest BCUT2D eigenvalue weighted by Crippen LogP contribution is 2.67. The Morgan fingerprint density at radius 2 is 1.61 bits per heavy atom. The molecule has 0 heterocycles. The number of rotatable bonds is 3. The lowest BCUT2D eigenvalue weighted by molar-refractivity contribution is -0.129. The van der Waals surface area contributed by atoms with Crippen LogP contribution in [-0.4, -0.2) is 20.2 Å². The fraction of sp³-hybridized carbons (Fsp3) is 0.650.